The number of rotatable bonds is 2. The van der Waals surface area contributed by atoms with Crippen LogP contribution >= 0.6 is 11.3 Å². The summed E-state index contributed by atoms with van der Waals surface area (Å²) in [5.41, 5.74) is 1.09. The molecule has 1 aliphatic heterocycles. The molecule has 0 aliphatic carbocycles. The molecule has 1 atom stereocenters. The second-order valence-corrected chi connectivity index (χ2v) is 3.51. The molecule has 1 aromatic rings. The normalized spacial score (nSPS) is 18.8. The molecule has 2 heterocycles. The van der Waals surface area contributed by atoms with Crippen molar-refractivity contribution in [2.75, 3.05) is 0 Å². The van der Waals surface area contributed by atoms with Gasteiger partial charge in [-0.3, -0.25) is 0 Å². The predicted molar refractivity (Wildman–Crippen MR) is 45.7 cm³/mol. The lowest BCUT2D eigenvalue weighted by Gasteiger charge is -2.17. The lowest BCUT2D eigenvalue weighted by molar-refractivity contribution is -0.129. The zero-order valence-electron chi connectivity index (χ0n) is 6.79. The van der Waals surface area contributed by atoms with E-state index in [1.54, 1.807) is 18.3 Å². The van der Waals surface area contributed by atoms with E-state index in [-0.39, 0.29) is 0 Å². The van der Waals surface area contributed by atoms with Gasteiger partial charge in [-0.25, -0.2) is 4.39 Å². The Kier molecular flexibility index (Phi) is 2.02. The lowest BCUT2D eigenvalue weighted by Crippen LogP contribution is -2.29. The molecule has 2 nitrogen and oxygen atoms in total. The predicted octanol–water partition coefficient (Wildman–Crippen LogP) is 2.56. The molecule has 0 radical (unpaired) electrons. The van der Waals surface area contributed by atoms with E-state index >= 15 is 0 Å². The van der Waals surface area contributed by atoms with Crippen molar-refractivity contribution in [1.29, 1.82) is 0 Å². The zero-order valence-corrected chi connectivity index (χ0v) is 7.60. The van der Waals surface area contributed by atoms with Crippen molar-refractivity contribution in [1.82, 2.24) is 5.06 Å². The zero-order chi connectivity index (χ0) is 8.55. The van der Waals surface area contributed by atoms with Gasteiger partial charge in [0.05, 0.1) is 6.54 Å². The Hall–Kier alpha value is -0.610. The van der Waals surface area contributed by atoms with Gasteiger partial charge in [-0.2, -0.15) is 0 Å². The first-order chi connectivity index (χ1) is 5.81. The Balaban J connectivity index is 2.07. The monoisotopic (exact) mass is 187 g/mol. The molecule has 0 fully saturated rings. The van der Waals surface area contributed by atoms with Gasteiger partial charge in [0.15, 0.2) is 12.0 Å². The first-order valence-electron chi connectivity index (χ1n) is 3.95. The van der Waals surface area contributed by atoms with Crippen LogP contribution < -0.4 is 4.84 Å². The fourth-order valence-electron chi connectivity index (χ4n) is 1.19. The molecule has 2 rings (SSSR count). The molecule has 0 bridgehead atoms. The summed E-state index contributed by atoms with van der Waals surface area (Å²) in [6, 6.07) is 0. The summed E-state index contributed by atoms with van der Waals surface area (Å²) in [5, 5.41) is 5.28. The second-order valence-electron chi connectivity index (χ2n) is 2.77. The molecule has 0 N–H and O–H groups in total. The van der Waals surface area contributed by atoms with Crippen LogP contribution in [0.25, 0.3) is 0 Å². The van der Waals surface area contributed by atoms with E-state index < -0.39 is 6.30 Å². The standard InChI is InChI=1S/C8H10FNOS/c1-2-8(9)10-3-6-4-12-5-7(6)11-10/h4-5,8H,2-3H2,1H3/t8-/m1/s1. The summed E-state index contributed by atoms with van der Waals surface area (Å²) in [6.45, 7) is 2.38. The maximum atomic E-state index is 13.1. The van der Waals surface area contributed by atoms with Crippen LogP contribution in [0.15, 0.2) is 10.8 Å². The Morgan fingerprint density at radius 2 is 2.58 bits per heavy atom. The van der Waals surface area contributed by atoms with Gasteiger partial charge in [-0.15, -0.1) is 16.4 Å². The molecule has 4 heteroatoms. The van der Waals surface area contributed by atoms with E-state index in [0.717, 1.165) is 11.3 Å². The SMILES string of the molecule is CC[C@H](F)N1Cc2cscc2O1. The van der Waals surface area contributed by atoms with Crippen LogP contribution in [-0.2, 0) is 6.54 Å². The van der Waals surface area contributed by atoms with E-state index in [9.17, 15) is 4.39 Å². The van der Waals surface area contributed by atoms with E-state index in [0.29, 0.717) is 13.0 Å². The van der Waals surface area contributed by atoms with Gasteiger partial charge >= 0.3 is 0 Å². The molecule has 66 valence electrons. The van der Waals surface area contributed by atoms with Crippen molar-refractivity contribution in [2.45, 2.75) is 26.2 Å². The quantitative estimate of drug-likeness (QED) is 0.660. The third kappa shape index (κ3) is 1.21. The second kappa shape index (κ2) is 3.03. The van der Waals surface area contributed by atoms with Crippen molar-refractivity contribution >= 4 is 11.3 Å². The average Bonchev–Trinajstić information content (AvgIpc) is 2.60. The number of halogens is 1. The smallest absolute Gasteiger partial charge is 0.185 e. The summed E-state index contributed by atoms with van der Waals surface area (Å²) >= 11 is 1.59. The van der Waals surface area contributed by atoms with Crippen molar-refractivity contribution in [2.24, 2.45) is 0 Å². The van der Waals surface area contributed by atoms with E-state index in [1.165, 1.54) is 5.06 Å². The molecule has 0 spiro atoms. The molecule has 0 saturated carbocycles. The summed E-state index contributed by atoms with van der Waals surface area (Å²) in [7, 11) is 0. The summed E-state index contributed by atoms with van der Waals surface area (Å²) in [5.74, 6) is 0.816. The van der Waals surface area contributed by atoms with Gasteiger partial charge in [0.2, 0.25) is 0 Å². The fourth-order valence-corrected chi connectivity index (χ4v) is 1.93. The van der Waals surface area contributed by atoms with Crippen molar-refractivity contribution < 1.29 is 9.23 Å². The van der Waals surface area contributed by atoms with Crippen molar-refractivity contribution in [3.63, 3.8) is 0 Å². The minimum Gasteiger partial charge on any atom is -0.402 e. The maximum Gasteiger partial charge on any atom is 0.185 e. The molecule has 1 aliphatic rings. The first-order valence-corrected chi connectivity index (χ1v) is 4.89. The van der Waals surface area contributed by atoms with Crippen molar-refractivity contribution in [3.8, 4) is 5.75 Å². The van der Waals surface area contributed by atoms with Gasteiger partial charge in [0.1, 0.15) is 0 Å². The number of nitrogens with zero attached hydrogens (tertiary/aromatic N) is 1. The molecule has 0 amide bonds. The number of alkyl halides is 1. The van der Waals surface area contributed by atoms with Crippen LogP contribution in [0.5, 0.6) is 5.75 Å². The molecule has 12 heavy (non-hydrogen) atoms. The third-order valence-electron chi connectivity index (χ3n) is 1.89. The Bertz CT molecular complexity index is 255. The minimum atomic E-state index is -0.984. The van der Waals surface area contributed by atoms with Gasteiger partial charge in [0.25, 0.3) is 0 Å². The first kappa shape index (κ1) is 8.01. The van der Waals surface area contributed by atoms with Crippen LogP contribution in [0.2, 0.25) is 0 Å². The fraction of sp³-hybridized carbons (Fsp3) is 0.500. The molecule has 0 saturated heterocycles. The van der Waals surface area contributed by atoms with Crippen molar-refractivity contribution in [3.05, 3.63) is 16.3 Å². The minimum absolute atomic E-state index is 0.466. The number of thiophene rings is 1. The summed E-state index contributed by atoms with van der Waals surface area (Å²) < 4.78 is 13.1. The summed E-state index contributed by atoms with van der Waals surface area (Å²) in [4.78, 5) is 5.27. The molecular weight excluding hydrogens is 177 g/mol. The Morgan fingerprint density at radius 1 is 1.75 bits per heavy atom. The average molecular weight is 187 g/mol. The molecule has 1 aromatic heterocycles. The highest BCUT2D eigenvalue weighted by Crippen LogP contribution is 2.32. The Morgan fingerprint density at radius 3 is 3.25 bits per heavy atom. The van der Waals surface area contributed by atoms with Crippen LogP contribution in [0.4, 0.5) is 4.39 Å². The van der Waals surface area contributed by atoms with Gasteiger partial charge in [0, 0.05) is 10.9 Å². The number of hydrogen-bond donors (Lipinski definition) is 0. The topological polar surface area (TPSA) is 12.5 Å². The van der Waals surface area contributed by atoms with Crippen LogP contribution in [0.3, 0.4) is 0 Å². The van der Waals surface area contributed by atoms with E-state index in [2.05, 4.69) is 0 Å². The van der Waals surface area contributed by atoms with Crippen LogP contribution in [0.1, 0.15) is 18.9 Å². The highest BCUT2D eigenvalue weighted by molar-refractivity contribution is 7.08. The molecule has 0 aromatic carbocycles. The number of hydrogen-bond acceptors (Lipinski definition) is 3. The van der Waals surface area contributed by atoms with E-state index in [4.69, 9.17) is 4.84 Å². The van der Waals surface area contributed by atoms with Gasteiger partial charge < -0.3 is 4.84 Å². The highest BCUT2D eigenvalue weighted by atomic mass is 32.1. The van der Waals surface area contributed by atoms with E-state index in [1.807, 2.05) is 10.8 Å². The highest BCUT2D eigenvalue weighted by Gasteiger charge is 2.27. The van der Waals surface area contributed by atoms with Gasteiger partial charge in [-0.05, 0) is 11.8 Å². The van der Waals surface area contributed by atoms with Crippen LogP contribution in [-0.4, -0.2) is 11.4 Å². The van der Waals surface area contributed by atoms with Crippen LogP contribution in [0, 0.1) is 0 Å². The third-order valence-corrected chi connectivity index (χ3v) is 2.66. The molecule has 0 unspecified atom stereocenters. The Labute approximate surface area is 74.5 Å². The molecular formula is C8H10FNOS. The maximum absolute atomic E-state index is 13.1. The lowest BCUT2D eigenvalue weighted by atomic mass is 10.3. The van der Waals surface area contributed by atoms with Gasteiger partial charge in [-0.1, -0.05) is 6.92 Å². The number of hydroxylamine groups is 2. The number of fused-ring (bicyclic) bond motifs is 1. The largest absolute Gasteiger partial charge is 0.402 e. The summed E-state index contributed by atoms with van der Waals surface area (Å²) in [6.07, 6.45) is -0.518.